The molecule has 5 nitrogen and oxygen atoms in total. The van der Waals surface area contributed by atoms with E-state index in [0.29, 0.717) is 22.8 Å². The molecule has 0 atom stereocenters. The van der Waals surface area contributed by atoms with Crippen LogP contribution in [0.3, 0.4) is 0 Å². The van der Waals surface area contributed by atoms with Gasteiger partial charge >= 0.3 is 0 Å². The molecule has 0 bridgehead atoms. The van der Waals surface area contributed by atoms with Crippen LogP contribution in [0.1, 0.15) is 16.8 Å². The highest BCUT2D eigenvalue weighted by atomic mass is 35.5. The van der Waals surface area contributed by atoms with Crippen molar-refractivity contribution in [2.24, 2.45) is 0 Å². The average molecular weight is 383 g/mol. The van der Waals surface area contributed by atoms with Crippen LogP contribution in [0.2, 0.25) is 5.02 Å². The van der Waals surface area contributed by atoms with Gasteiger partial charge in [0.2, 0.25) is 0 Å². The monoisotopic (exact) mass is 382 g/mol. The zero-order valence-corrected chi connectivity index (χ0v) is 16.3. The molecule has 3 rings (SSSR count). The Morgan fingerprint density at radius 3 is 2.48 bits per heavy atom. The Balaban J connectivity index is 1.89. The molecule has 0 aliphatic heterocycles. The number of carbonyl (C=O) groups is 1. The molecule has 1 amide bonds. The van der Waals surface area contributed by atoms with E-state index in [1.54, 1.807) is 23.0 Å². The summed E-state index contributed by atoms with van der Waals surface area (Å²) in [5.74, 6) is -0.124. The number of nitrogens with zero attached hydrogens (tertiary/aromatic N) is 3. The first-order valence-electron chi connectivity index (χ1n) is 8.88. The predicted octanol–water partition coefficient (Wildman–Crippen LogP) is 3.87. The van der Waals surface area contributed by atoms with E-state index in [4.69, 9.17) is 11.6 Å². The van der Waals surface area contributed by atoms with Gasteiger partial charge in [0.05, 0.1) is 11.3 Å². The van der Waals surface area contributed by atoms with E-state index in [0.717, 1.165) is 24.2 Å². The predicted molar refractivity (Wildman–Crippen MR) is 110 cm³/mol. The normalized spacial score (nSPS) is 11.0. The Labute approximate surface area is 164 Å². The Hall–Kier alpha value is -2.63. The molecular weight excluding hydrogens is 360 g/mol. The van der Waals surface area contributed by atoms with E-state index in [2.05, 4.69) is 15.3 Å². The minimum absolute atomic E-state index is 0.124. The van der Waals surface area contributed by atoms with Gasteiger partial charge < -0.3 is 10.2 Å². The fourth-order valence-corrected chi connectivity index (χ4v) is 2.89. The smallest absolute Gasteiger partial charge is 0.255 e. The molecule has 27 heavy (non-hydrogen) atoms. The summed E-state index contributed by atoms with van der Waals surface area (Å²) in [5, 5.41) is 8.31. The number of hydrogen-bond acceptors (Lipinski definition) is 3. The fraction of sp³-hybridized carbons (Fsp3) is 0.238. The highest BCUT2D eigenvalue weighted by molar-refractivity contribution is 6.30. The molecule has 0 radical (unpaired) electrons. The molecule has 1 heterocycles. The van der Waals surface area contributed by atoms with Crippen molar-refractivity contribution in [2.75, 3.05) is 27.2 Å². The second kappa shape index (κ2) is 8.84. The van der Waals surface area contributed by atoms with Crippen molar-refractivity contribution in [1.29, 1.82) is 0 Å². The highest BCUT2D eigenvalue weighted by Gasteiger charge is 2.18. The number of hydrogen-bond donors (Lipinski definition) is 1. The Morgan fingerprint density at radius 1 is 1.11 bits per heavy atom. The van der Waals surface area contributed by atoms with Gasteiger partial charge in [0.15, 0.2) is 0 Å². The molecule has 0 saturated carbocycles. The third-order valence-corrected chi connectivity index (χ3v) is 4.42. The third kappa shape index (κ3) is 4.96. The van der Waals surface area contributed by atoms with E-state index >= 15 is 0 Å². The van der Waals surface area contributed by atoms with Crippen LogP contribution in [-0.2, 0) is 0 Å². The lowest BCUT2D eigenvalue weighted by molar-refractivity contribution is 0.0953. The number of para-hydroxylation sites is 1. The number of benzene rings is 2. The molecular formula is C21H23ClN4O. The third-order valence-electron chi connectivity index (χ3n) is 4.16. The summed E-state index contributed by atoms with van der Waals surface area (Å²) in [4.78, 5) is 14.9. The minimum Gasteiger partial charge on any atom is -0.352 e. The molecule has 140 valence electrons. The lowest BCUT2D eigenvalue weighted by Gasteiger charge is -2.09. The first kappa shape index (κ1) is 19.1. The number of aromatic nitrogens is 2. The molecule has 0 aliphatic rings. The lowest BCUT2D eigenvalue weighted by atomic mass is 10.1. The van der Waals surface area contributed by atoms with Crippen LogP contribution in [0.25, 0.3) is 16.9 Å². The molecule has 2 aromatic carbocycles. The SMILES string of the molecule is CN(C)CCCNC(=O)c1cn(-c2ccccc2)nc1-c1ccc(Cl)cc1. The van der Waals surface area contributed by atoms with Gasteiger partial charge in [-0.3, -0.25) is 4.79 Å². The van der Waals surface area contributed by atoms with Gasteiger partial charge in [-0.25, -0.2) is 4.68 Å². The Morgan fingerprint density at radius 2 is 1.81 bits per heavy atom. The highest BCUT2D eigenvalue weighted by Crippen LogP contribution is 2.25. The molecule has 0 saturated heterocycles. The van der Waals surface area contributed by atoms with Crippen molar-refractivity contribution in [2.45, 2.75) is 6.42 Å². The lowest BCUT2D eigenvalue weighted by Crippen LogP contribution is -2.27. The van der Waals surface area contributed by atoms with E-state index in [1.807, 2.05) is 56.6 Å². The van der Waals surface area contributed by atoms with E-state index < -0.39 is 0 Å². The quantitative estimate of drug-likeness (QED) is 0.631. The molecule has 1 N–H and O–H groups in total. The maximum absolute atomic E-state index is 12.8. The van der Waals surface area contributed by atoms with Crippen molar-refractivity contribution < 1.29 is 4.79 Å². The molecule has 6 heteroatoms. The number of amides is 1. The molecule has 1 aromatic heterocycles. The standard InChI is InChI=1S/C21H23ClN4O/c1-25(2)14-6-13-23-21(27)19-15-26(18-7-4-3-5-8-18)24-20(19)16-9-11-17(22)12-10-16/h3-5,7-12,15H,6,13-14H2,1-2H3,(H,23,27). The first-order valence-corrected chi connectivity index (χ1v) is 9.26. The first-order chi connectivity index (χ1) is 13.0. The van der Waals surface area contributed by atoms with Gasteiger partial charge in [-0.05, 0) is 51.3 Å². The van der Waals surface area contributed by atoms with Crippen LogP contribution >= 0.6 is 11.6 Å². The van der Waals surface area contributed by atoms with Crippen molar-refractivity contribution in [3.05, 3.63) is 71.4 Å². The second-order valence-electron chi connectivity index (χ2n) is 6.59. The fourth-order valence-electron chi connectivity index (χ4n) is 2.77. The molecule has 0 aliphatic carbocycles. The number of carbonyl (C=O) groups excluding carboxylic acids is 1. The number of rotatable bonds is 7. The van der Waals surface area contributed by atoms with Crippen LogP contribution in [0.5, 0.6) is 0 Å². The van der Waals surface area contributed by atoms with E-state index in [1.165, 1.54) is 0 Å². The minimum atomic E-state index is -0.124. The maximum atomic E-state index is 12.8. The summed E-state index contributed by atoms with van der Waals surface area (Å²) >= 11 is 6.00. The Bertz CT molecular complexity index is 888. The van der Waals surface area contributed by atoms with Crippen LogP contribution in [0.4, 0.5) is 0 Å². The van der Waals surface area contributed by atoms with Crippen molar-refractivity contribution in [3.63, 3.8) is 0 Å². The number of nitrogens with one attached hydrogen (secondary N) is 1. The van der Waals surface area contributed by atoms with Gasteiger partial charge in [0.25, 0.3) is 5.91 Å². The van der Waals surface area contributed by atoms with Gasteiger partial charge in [0, 0.05) is 23.3 Å². The summed E-state index contributed by atoms with van der Waals surface area (Å²) in [5.41, 5.74) is 2.94. The van der Waals surface area contributed by atoms with Crippen molar-refractivity contribution >= 4 is 17.5 Å². The number of halogens is 1. The van der Waals surface area contributed by atoms with Crippen molar-refractivity contribution in [3.8, 4) is 16.9 Å². The summed E-state index contributed by atoms with van der Waals surface area (Å²) in [7, 11) is 4.04. The molecule has 0 spiro atoms. The summed E-state index contributed by atoms with van der Waals surface area (Å²) in [6, 6.07) is 17.1. The van der Waals surface area contributed by atoms with Crippen LogP contribution in [0, 0.1) is 0 Å². The van der Waals surface area contributed by atoms with Gasteiger partial charge in [-0.2, -0.15) is 5.10 Å². The summed E-state index contributed by atoms with van der Waals surface area (Å²) in [6.45, 7) is 1.54. The molecule has 0 unspecified atom stereocenters. The van der Waals surface area contributed by atoms with E-state index in [9.17, 15) is 4.79 Å². The second-order valence-corrected chi connectivity index (χ2v) is 7.03. The average Bonchev–Trinajstić information content (AvgIpc) is 3.12. The summed E-state index contributed by atoms with van der Waals surface area (Å²) in [6.07, 6.45) is 2.67. The molecule has 3 aromatic rings. The summed E-state index contributed by atoms with van der Waals surface area (Å²) < 4.78 is 1.73. The Kier molecular flexibility index (Phi) is 6.27. The van der Waals surface area contributed by atoms with Gasteiger partial charge in [-0.15, -0.1) is 0 Å². The molecule has 0 fully saturated rings. The van der Waals surface area contributed by atoms with Crippen LogP contribution in [-0.4, -0.2) is 47.8 Å². The topological polar surface area (TPSA) is 50.2 Å². The van der Waals surface area contributed by atoms with Crippen LogP contribution in [0.15, 0.2) is 60.8 Å². The van der Waals surface area contributed by atoms with Crippen LogP contribution < -0.4 is 5.32 Å². The largest absolute Gasteiger partial charge is 0.352 e. The maximum Gasteiger partial charge on any atom is 0.255 e. The zero-order chi connectivity index (χ0) is 19.2. The van der Waals surface area contributed by atoms with E-state index in [-0.39, 0.29) is 5.91 Å². The zero-order valence-electron chi connectivity index (χ0n) is 15.5. The van der Waals surface area contributed by atoms with Gasteiger partial charge in [-0.1, -0.05) is 41.9 Å². The van der Waals surface area contributed by atoms with Crippen molar-refractivity contribution in [1.82, 2.24) is 20.0 Å². The van der Waals surface area contributed by atoms with Gasteiger partial charge in [0.1, 0.15) is 5.69 Å².